The van der Waals surface area contributed by atoms with E-state index in [0.29, 0.717) is 12.5 Å². The second kappa shape index (κ2) is 4.40. The Morgan fingerprint density at radius 2 is 2.33 bits per heavy atom. The minimum atomic E-state index is -0.274. The van der Waals surface area contributed by atoms with Crippen LogP contribution < -0.4 is 10.6 Å². The van der Waals surface area contributed by atoms with E-state index in [2.05, 4.69) is 22.9 Å². The molecular formula is C13H17N3OS. The summed E-state index contributed by atoms with van der Waals surface area (Å²) in [6.45, 7) is 3.69. The first-order valence-corrected chi connectivity index (χ1v) is 7.09. The molecule has 96 valence electrons. The van der Waals surface area contributed by atoms with Crippen LogP contribution in [0.1, 0.15) is 13.3 Å². The monoisotopic (exact) mass is 263 g/mol. The van der Waals surface area contributed by atoms with Crippen LogP contribution in [0.15, 0.2) is 17.6 Å². The Morgan fingerprint density at radius 1 is 1.50 bits per heavy atom. The van der Waals surface area contributed by atoms with Crippen molar-refractivity contribution in [3.63, 3.8) is 0 Å². The molecule has 2 unspecified atom stereocenters. The fourth-order valence-electron chi connectivity index (χ4n) is 2.48. The molecule has 1 aliphatic rings. The molecule has 1 aromatic heterocycles. The Balaban J connectivity index is 1.96. The highest BCUT2D eigenvalue weighted by atomic mass is 32.1. The molecular weight excluding hydrogens is 246 g/mol. The van der Waals surface area contributed by atoms with Crippen molar-refractivity contribution in [3.8, 4) is 0 Å². The highest BCUT2D eigenvalue weighted by Gasteiger charge is 2.25. The van der Waals surface area contributed by atoms with Crippen molar-refractivity contribution in [1.82, 2.24) is 4.98 Å². The molecule has 3 rings (SSSR count). The van der Waals surface area contributed by atoms with Gasteiger partial charge in [0.2, 0.25) is 0 Å². The quantitative estimate of drug-likeness (QED) is 0.773. The van der Waals surface area contributed by atoms with Crippen LogP contribution in [0.4, 0.5) is 11.4 Å². The number of β-amino-alcohol motifs (C(OH)–C–C–N with tert-alkyl or cyclic N) is 1. The standard InChI is InChI=1S/C13H17N3OS/c1-8-4-5-16(6-10(8)17)9-2-3-11-13(12(9)14)15-7-18-11/h2-3,7-8,10,17H,4-6,14H2,1H3. The minimum Gasteiger partial charge on any atom is -0.395 e. The van der Waals surface area contributed by atoms with Gasteiger partial charge in [-0.15, -0.1) is 11.3 Å². The van der Waals surface area contributed by atoms with E-state index >= 15 is 0 Å². The van der Waals surface area contributed by atoms with Crippen molar-refractivity contribution < 1.29 is 5.11 Å². The molecule has 0 bridgehead atoms. The summed E-state index contributed by atoms with van der Waals surface area (Å²) < 4.78 is 1.11. The topological polar surface area (TPSA) is 62.4 Å². The zero-order chi connectivity index (χ0) is 12.7. The molecule has 4 nitrogen and oxygen atoms in total. The average Bonchev–Trinajstić information content (AvgIpc) is 2.83. The second-order valence-electron chi connectivity index (χ2n) is 4.98. The van der Waals surface area contributed by atoms with E-state index in [0.717, 1.165) is 34.6 Å². The van der Waals surface area contributed by atoms with E-state index in [4.69, 9.17) is 5.73 Å². The minimum absolute atomic E-state index is 0.274. The fraction of sp³-hybridized carbons (Fsp3) is 0.462. The van der Waals surface area contributed by atoms with Gasteiger partial charge in [0.1, 0.15) is 5.52 Å². The summed E-state index contributed by atoms with van der Waals surface area (Å²) >= 11 is 1.60. The lowest BCUT2D eigenvalue weighted by Gasteiger charge is -2.36. The van der Waals surface area contributed by atoms with Crippen LogP contribution >= 0.6 is 11.3 Å². The predicted molar refractivity (Wildman–Crippen MR) is 76.0 cm³/mol. The first-order chi connectivity index (χ1) is 8.66. The number of nitrogens with zero attached hydrogens (tertiary/aromatic N) is 2. The van der Waals surface area contributed by atoms with Crippen molar-refractivity contribution in [1.29, 1.82) is 0 Å². The number of benzene rings is 1. The van der Waals surface area contributed by atoms with Gasteiger partial charge in [-0.05, 0) is 24.5 Å². The molecule has 0 aliphatic carbocycles. The molecule has 1 aromatic carbocycles. The third kappa shape index (κ3) is 1.83. The summed E-state index contributed by atoms with van der Waals surface area (Å²) in [5.74, 6) is 0.366. The van der Waals surface area contributed by atoms with Gasteiger partial charge in [0.05, 0.1) is 27.7 Å². The number of nitrogens with two attached hydrogens (primary N) is 1. The van der Waals surface area contributed by atoms with Gasteiger partial charge in [-0.1, -0.05) is 6.92 Å². The van der Waals surface area contributed by atoms with Gasteiger partial charge in [0.15, 0.2) is 0 Å². The summed E-state index contributed by atoms with van der Waals surface area (Å²) in [4.78, 5) is 6.48. The molecule has 0 saturated carbocycles. The first-order valence-electron chi connectivity index (χ1n) is 6.21. The molecule has 2 aromatic rings. The summed E-state index contributed by atoms with van der Waals surface area (Å²) in [6.07, 6.45) is 0.722. The van der Waals surface area contributed by atoms with Crippen LogP contribution in [0.5, 0.6) is 0 Å². The van der Waals surface area contributed by atoms with Crippen LogP contribution in [0.3, 0.4) is 0 Å². The highest BCUT2D eigenvalue weighted by Crippen LogP contribution is 2.34. The number of aromatic nitrogens is 1. The molecule has 0 radical (unpaired) electrons. The van der Waals surface area contributed by atoms with Crippen molar-refractivity contribution >= 4 is 32.9 Å². The Hall–Kier alpha value is -1.33. The third-order valence-electron chi connectivity index (χ3n) is 3.78. The van der Waals surface area contributed by atoms with Gasteiger partial charge in [-0.25, -0.2) is 4.98 Å². The Morgan fingerprint density at radius 3 is 3.11 bits per heavy atom. The predicted octanol–water partition coefficient (Wildman–Crippen LogP) is 2.09. The summed E-state index contributed by atoms with van der Waals surface area (Å²) in [6, 6.07) is 4.10. The molecule has 2 atom stereocenters. The zero-order valence-electron chi connectivity index (χ0n) is 10.3. The normalized spacial score (nSPS) is 24.7. The van der Waals surface area contributed by atoms with Gasteiger partial charge in [0.25, 0.3) is 0 Å². The van der Waals surface area contributed by atoms with Gasteiger partial charge in [-0.3, -0.25) is 0 Å². The highest BCUT2D eigenvalue weighted by molar-refractivity contribution is 7.16. The van der Waals surface area contributed by atoms with Crippen molar-refractivity contribution in [3.05, 3.63) is 17.6 Å². The van der Waals surface area contributed by atoms with Crippen molar-refractivity contribution in [2.24, 2.45) is 5.92 Å². The van der Waals surface area contributed by atoms with Crippen LogP contribution in [0, 0.1) is 5.92 Å². The van der Waals surface area contributed by atoms with E-state index in [-0.39, 0.29) is 6.10 Å². The van der Waals surface area contributed by atoms with Gasteiger partial charge >= 0.3 is 0 Å². The smallest absolute Gasteiger partial charge is 0.106 e. The summed E-state index contributed by atoms with van der Waals surface area (Å²) in [5.41, 5.74) is 10.6. The number of thiazole rings is 1. The molecule has 0 amide bonds. The van der Waals surface area contributed by atoms with Gasteiger partial charge in [-0.2, -0.15) is 0 Å². The molecule has 1 fully saturated rings. The number of hydrogen-bond donors (Lipinski definition) is 2. The third-order valence-corrected chi connectivity index (χ3v) is 4.57. The maximum atomic E-state index is 9.98. The first kappa shape index (κ1) is 11.7. The Kier molecular flexibility index (Phi) is 2.87. The average molecular weight is 263 g/mol. The summed E-state index contributed by atoms with van der Waals surface area (Å²) in [5, 5.41) is 9.98. The number of fused-ring (bicyclic) bond motifs is 1. The van der Waals surface area contributed by atoms with Gasteiger partial charge < -0.3 is 15.7 Å². The van der Waals surface area contributed by atoms with Crippen LogP contribution in [-0.4, -0.2) is 29.3 Å². The number of aliphatic hydroxyl groups is 1. The van der Waals surface area contributed by atoms with Crippen molar-refractivity contribution in [2.75, 3.05) is 23.7 Å². The van der Waals surface area contributed by atoms with E-state index in [9.17, 15) is 5.11 Å². The Bertz CT molecular complexity index is 568. The van der Waals surface area contributed by atoms with Crippen molar-refractivity contribution in [2.45, 2.75) is 19.4 Å². The maximum absolute atomic E-state index is 9.98. The lowest BCUT2D eigenvalue weighted by Crippen LogP contribution is -2.43. The Labute approximate surface area is 110 Å². The van der Waals surface area contributed by atoms with E-state index < -0.39 is 0 Å². The number of anilines is 2. The lowest BCUT2D eigenvalue weighted by atomic mass is 9.95. The molecule has 0 spiro atoms. The molecule has 5 heteroatoms. The number of aliphatic hydroxyl groups excluding tert-OH is 1. The van der Waals surface area contributed by atoms with Crippen LogP contribution in [0.25, 0.3) is 10.2 Å². The van der Waals surface area contributed by atoms with E-state index in [1.54, 1.807) is 11.3 Å². The van der Waals surface area contributed by atoms with Crippen LogP contribution in [-0.2, 0) is 0 Å². The number of nitrogen functional groups attached to an aromatic ring is 1. The van der Waals surface area contributed by atoms with Gasteiger partial charge in [0, 0.05) is 13.1 Å². The van der Waals surface area contributed by atoms with Crippen LogP contribution in [0.2, 0.25) is 0 Å². The molecule has 18 heavy (non-hydrogen) atoms. The summed E-state index contributed by atoms with van der Waals surface area (Å²) in [7, 11) is 0. The fourth-order valence-corrected chi connectivity index (χ4v) is 3.18. The van der Waals surface area contributed by atoms with E-state index in [1.165, 1.54) is 0 Å². The zero-order valence-corrected chi connectivity index (χ0v) is 11.2. The lowest BCUT2D eigenvalue weighted by molar-refractivity contribution is 0.103. The number of rotatable bonds is 1. The SMILES string of the molecule is CC1CCN(c2ccc3scnc3c2N)CC1O. The number of hydrogen-bond acceptors (Lipinski definition) is 5. The molecule has 1 aliphatic heterocycles. The largest absolute Gasteiger partial charge is 0.395 e. The molecule has 3 N–H and O–H groups in total. The second-order valence-corrected chi connectivity index (χ2v) is 5.86. The maximum Gasteiger partial charge on any atom is 0.106 e. The molecule has 1 saturated heterocycles. The van der Waals surface area contributed by atoms with E-state index in [1.807, 2.05) is 11.6 Å². The number of piperidine rings is 1. The molecule has 2 heterocycles.